The summed E-state index contributed by atoms with van der Waals surface area (Å²) in [6.45, 7) is 8.53. The van der Waals surface area contributed by atoms with Crippen LogP contribution in [0.15, 0.2) is 5.16 Å². The van der Waals surface area contributed by atoms with Crippen LogP contribution in [0.4, 0.5) is 0 Å². The van der Waals surface area contributed by atoms with Crippen molar-refractivity contribution in [3.05, 3.63) is 0 Å². The third-order valence-corrected chi connectivity index (χ3v) is 4.14. The molecule has 0 unspecified atom stereocenters. The summed E-state index contributed by atoms with van der Waals surface area (Å²) in [5, 5.41) is 23.3. The molecular weight excluding hydrogens is 238 g/mol. The summed E-state index contributed by atoms with van der Waals surface area (Å²) in [7, 11) is 0. The number of rotatable bonds is 11. The van der Waals surface area contributed by atoms with Crippen LogP contribution >= 0.6 is 0 Å². The van der Waals surface area contributed by atoms with Gasteiger partial charge in [0.05, 0.1) is 11.8 Å². The molecule has 0 aliphatic carbocycles. The Balaban J connectivity index is 4.69. The zero-order valence-electron chi connectivity index (χ0n) is 13.2. The van der Waals surface area contributed by atoms with Crippen molar-refractivity contribution < 1.29 is 10.3 Å². The fourth-order valence-corrected chi connectivity index (χ4v) is 2.69. The second-order valence-electron chi connectivity index (χ2n) is 5.53. The predicted molar refractivity (Wildman–Crippen MR) is 81.8 cm³/mol. The molecule has 0 aliphatic heterocycles. The first-order valence-corrected chi connectivity index (χ1v) is 8.05. The normalized spacial score (nSPS) is 17.2. The summed E-state index contributed by atoms with van der Waals surface area (Å²) in [6.07, 6.45) is 7.83. The summed E-state index contributed by atoms with van der Waals surface area (Å²) >= 11 is 0. The molecule has 0 saturated heterocycles. The van der Waals surface area contributed by atoms with Gasteiger partial charge < -0.3 is 10.3 Å². The molecule has 0 aromatic heterocycles. The van der Waals surface area contributed by atoms with E-state index < -0.39 is 6.10 Å². The van der Waals surface area contributed by atoms with Gasteiger partial charge in [0.25, 0.3) is 0 Å². The van der Waals surface area contributed by atoms with Gasteiger partial charge in [-0.15, -0.1) is 0 Å². The van der Waals surface area contributed by atoms with Crippen LogP contribution in [0.2, 0.25) is 0 Å². The average Bonchev–Trinajstić information content (AvgIpc) is 2.44. The number of unbranched alkanes of at least 4 members (excludes halogenated alkanes) is 2. The number of oxime groups is 1. The van der Waals surface area contributed by atoms with Crippen molar-refractivity contribution in [2.75, 3.05) is 0 Å². The highest BCUT2D eigenvalue weighted by atomic mass is 16.4. The number of hydrogen-bond donors (Lipinski definition) is 2. The van der Waals surface area contributed by atoms with E-state index in [-0.39, 0.29) is 11.8 Å². The first kappa shape index (κ1) is 18.4. The van der Waals surface area contributed by atoms with Crippen LogP contribution in [0.3, 0.4) is 0 Å². The highest BCUT2D eigenvalue weighted by molar-refractivity contribution is 5.90. The van der Waals surface area contributed by atoms with E-state index in [9.17, 15) is 10.3 Å². The minimum Gasteiger partial charge on any atom is -0.411 e. The van der Waals surface area contributed by atoms with Gasteiger partial charge in [-0.05, 0) is 25.2 Å². The third-order valence-electron chi connectivity index (χ3n) is 4.14. The van der Waals surface area contributed by atoms with Crippen LogP contribution in [0, 0.1) is 11.8 Å². The average molecular weight is 271 g/mol. The van der Waals surface area contributed by atoms with E-state index in [4.69, 9.17) is 0 Å². The second kappa shape index (κ2) is 11.3. The first-order chi connectivity index (χ1) is 9.15. The van der Waals surface area contributed by atoms with Crippen LogP contribution in [-0.2, 0) is 0 Å². The fraction of sp³-hybridized carbons (Fsp3) is 0.938. The fourth-order valence-electron chi connectivity index (χ4n) is 2.69. The maximum absolute atomic E-state index is 10.5. The Morgan fingerprint density at radius 2 is 1.53 bits per heavy atom. The largest absolute Gasteiger partial charge is 0.411 e. The molecule has 0 bridgehead atoms. The van der Waals surface area contributed by atoms with Gasteiger partial charge in [0.15, 0.2) is 0 Å². The van der Waals surface area contributed by atoms with E-state index in [1.54, 1.807) is 0 Å². The Labute approximate surface area is 119 Å². The maximum Gasteiger partial charge on any atom is 0.0984 e. The molecule has 3 atom stereocenters. The molecule has 0 aromatic carbocycles. The Hall–Kier alpha value is -0.570. The van der Waals surface area contributed by atoms with Crippen molar-refractivity contribution in [2.24, 2.45) is 17.0 Å². The van der Waals surface area contributed by atoms with Gasteiger partial charge in [0.2, 0.25) is 0 Å². The topological polar surface area (TPSA) is 52.8 Å². The maximum atomic E-state index is 10.5. The molecular formula is C16H33NO2. The molecule has 0 fully saturated rings. The zero-order chi connectivity index (χ0) is 14.7. The van der Waals surface area contributed by atoms with E-state index in [1.165, 1.54) is 0 Å². The Morgan fingerprint density at radius 3 is 1.95 bits per heavy atom. The lowest BCUT2D eigenvalue weighted by atomic mass is 9.83. The van der Waals surface area contributed by atoms with Gasteiger partial charge in [-0.2, -0.15) is 0 Å². The minimum atomic E-state index is -0.580. The van der Waals surface area contributed by atoms with Gasteiger partial charge in [-0.1, -0.05) is 65.0 Å². The molecule has 3 nitrogen and oxygen atoms in total. The van der Waals surface area contributed by atoms with Gasteiger partial charge in [-0.25, -0.2) is 0 Å². The van der Waals surface area contributed by atoms with Gasteiger partial charge in [-0.3, -0.25) is 0 Å². The summed E-state index contributed by atoms with van der Waals surface area (Å²) in [4.78, 5) is 0. The Morgan fingerprint density at radius 1 is 0.947 bits per heavy atom. The zero-order valence-corrected chi connectivity index (χ0v) is 13.2. The lowest BCUT2D eigenvalue weighted by molar-refractivity contribution is 0.146. The van der Waals surface area contributed by atoms with E-state index in [0.717, 1.165) is 51.4 Å². The molecule has 0 spiro atoms. The third kappa shape index (κ3) is 6.42. The molecule has 0 aliphatic rings. The van der Waals surface area contributed by atoms with Crippen LogP contribution in [-0.4, -0.2) is 22.1 Å². The number of aliphatic hydroxyl groups is 1. The van der Waals surface area contributed by atoms with Gasteiger partial charge >= 0.3 is 0 Å². The van der Waals surface area contributed by atoms with Crippen molar-refractivity contribution in [3.63, 3.8) is 0 Å². The molecule has 0 aromatic rings. The molecule has 114 valence electrons. The Bertz CT molecular complexity index is 241. The van der Waals surface area contributed by atoms with Crippen LogP contribution in [0.1, 0.15) is 79.1 Å². The van der Waals surface area contributed by atoms with Crippen molar-refractivity contribution in [2.45, 2.75) is 85.2 Å². The van der Waals surface area contributed by atoms with Crippen molar-refractivity contribution in [3.8, 4) is 0 Å². The van der Waals surface area contributed by atoms with Crippen molar-refractivity contribution >= 4 is 5.71 Å². The van der Waals surface area contributed by atoms with Gasteiger partial charge in [0, 0.05) is 5.92 Å². The monoisotopic (exact) mass is 271 g/mol. The number of hydrogen-bond acceptors (Lipinski definition) is 3. The predicted octanol–water partition coefficient (Wildman–Crippen LogP) is 4.61. The smallest absolute Gasteiger partial charge is 0.0984 e. The highest BCUT2D eigenvalue weighted by Gasteiger charge is 2.27. The van der Waals surface area contributed by atoms with Crippen molar-refractivity contribution in [1.82, 2.24) is 0 Å². The van der Waals surface area contributed by atoms with E-state index in [2.05, 4.69) is 32.9 Å². The molecule has 0 saturated carbocycles. The molecule has 3 heteroatoms. The molecule has 0 amide bonds. The van der Waals surface area contributed by atoms with Crippen molar-refractivity contribution in [1.29, 1.82) is 0 Å². The first-order valence-electron chi connectivity index (χ1n) is 8.05. The number of nitrogens with zero attached hydrogens (tertiary/aromatic N) is 1. The lowest BCUT2D eigenvalue weighted by Gasteiger charge is -2.26. The molecule has 0 heterocycles. The second-order valence-corrected chi connectivity index (χ2v) is 5.53. The quantitative estimate of drug-likeness (QED) is 0.327. The lowest BCUT2D eigenvalue weighted by Crippen LogP contribution is -2.34. The van der Waals surface area contributed by atoms with E-state index >= 15 is 0 Å². The SMILES string of the molecule is CCCC[C@H](CC)C(=NO)[C@@H](O)[C@H](CC)CCCC. The van der Waals surface area contributed by atoms with E-state index in [0.29, 0.717) is 5.71 Å². The van der Waals surface area contributed by atoms with Gasteiger partial charge in [0.1, 0.15) is 0 Å². The molecule has 2 N–H and O–H groups in total. The number of aliphatic hydroxyl groups excluding tert-OH is 1. The summed E-state index contributed by atoms with van der Waals surface area (Å²) in [5.41, 5.74) is 0.610. The van der Waals surface area contributed by atoms with E-state index in [1.807, 2.05) is 0 Å². The van der Waals surface area contributed by atoms with Crippen LogP contribution in [0.25, 0.3) is 0 Å². The summed E-state index contributed by atoms with van der Waals surface area (Å²) in [6, 6.07) is 0. The molecule has 0 rings (SSSR count). The standard InChI is InChI=1S/C16H33NO2/c1-5-9-11-13(7-3)15(17-19)16(18)14(8-4)12-10-6-2/h13-14,16,18-19H,5-12H2,1-4H3/t13-,14+,16-/m0/s1. The molecule has 0 radical (unpaired) electrons. The highest BCUT2D eigenvalue weighted by Crippen LogP contribution is 2.24. The Kier molecular flexibility index (Phi) is 10.9. The van der Waals surface area contributed by atoms with Crippen LogP contribution in [0.5, 0.6) is 0 Å². The summed E-state index contributed by atoms with van der Waals surface area (Å²) < 4.78 is 0. The van der Waals surface area contributed by atoms with Crippen LogP contribution < -0.4 is 0 Å². The summed E-state index contributed by atoms with van der Waals surface area (Å²) in [5.74, 6) is 0.442. The molecule has 19 heavy (non-hydrogen) atoms. The minimum absolute atomic E-state index is 0.218.